The van der Waals surface area contributed by atoms with Crippen LogP contribution >= 0.6 is 11.3 Å². The van der Waals surface area contributed by atoms with E-state index >= 15 is 0 Å². The van der Waals surface area contributed by atoms with E-state index in [-0.39, 0.29) is 17.7 Å². The second-order valence-corrected chi connectivity index (χ2v) is 8.93. The van der Waals surface area contributed by atoms with E-state index in [0.717, 1.165) is 16.3 Å². The number of para-hydroxylation sites is 2. The molecule has 3 heterocycles. The zero-order valence-electron chi connectivity index (χ0n) is 17.8. The van der Waals surface area contributed by atoms with Gasteiger partial charge in [0.15, 0.2) is 0 Å². The minimum Gasteiger partial charge on any atom is -0.272 e. The Morgan fingerprint density at radius 1 is 0.719 bits per heavy atom. The first-order valence-corrected chi connectivity index (χ1v) is 11.4. The third-order valence-electron chi connectivity index (χ3n) is 5.96. The number of thiophene rings is 1. The van der Waals surface area contributed by atoms with Crippen LogP contribution in [0.25, 0.3) is 0 Å². The molecule has 0 N–H and O–H groups in total. The Bertz CT molecular complexity index is 1130. The van der Waals surface area contributed by atoms with E-state index in [2.05, 4.69) is 10.2 Å². The Hall–Kier alpha value is -3.58. The van der Waals surface area contributed by atoms with Crippen molar-refractivity contribution in [3.8, 4) is 0 Å². The Morgan fingerprint density at radius 2 is 1.19 bits per heavy atom. The van der Waals surface area contributed by atoms with Crippen molar-refractivity contribution < 1.29 is 9.59 Å². The van der Waals surface area contributed by atoms with Crippen molar-refractivity contribution in [3.05, 3.63) is 83.1 Å². The Morgan fingerprint density at radius 3 is 1.59 bits per heavy atom. The molecule has 160 valence electrons. The summed E-state index contributed by atoms with van der Waals surface area (Å²) in [5.74, 6) is -1.69. The largest absolute Gasteiger partial charge is 0.272 e. The van der Waals surface area contributed by atoms with Crippen LogP contribution < -0.4 is 10.0 Å². The quantitative estimate of drug-likeness (QED) is 0.564. The molecule has 3 aromatic rings. The predicted octanol–water partition coefficient (Wildman–Crippen LogP) is 4.91. The van der Waals surface area contributed by atoms with Gasteiger partial charge in [0.05, 0.1) is 23.2 Å². The Kier molecular flexibility index (Phi) is 5.19. The molecular formula is C25H22N4O2S. The van der Waals surface area contributed by atoms with Gasteiger partial charge in [-0.3, -0.25) is 9.59 Å². The lowest BCUT2D eigenvalue weighted by atomic mass is 9.76. The number of carbonyl (C=O) groups is 2. The fourth-order valence-electron chi connectivity index (χ4n) is 4.50. The number of hydrazone groups is 2. The maximum atomic E-state index is 13.6. The number of rotatable bonds is 5. The molecule has 2 amide bonds. The zero-order chi connectivity index (χ0) is 22.2. The Balaban J connectivity index is 1.54. The van der Waals surface area contributed by atoms with E-state index in [1.165, 1.54) is 10.0 Å². The highest BCUT2D eigenvalue weighted by molar-refractivity contribution is 7.10. The van der Waals surface area contributed by atoms with Crippen LogP contribution in [-0.2, 0) is 9.59 Å². The van der Waals surface area contributed by atoms with Crippen LogP contribution in [0.3, 0.4) is 0 Å². The van der Waals surface area contributed by atoms with Crippen LogP contribution in [0.4, 0.5) is 11.4 Å². The van der Waals surface area contributed by atoms with Crippen LogP contribution in [0.15, 0.2) is 88.4 Å². The number of amides is 2. The average Bonchev–Trinajstić information content (AvgIpc) is 3.52. The molecule has 2 atom stereocenters. The van der Waals surface area contributed by atoms with Gasteiger partial charge in [0.2, 0.25) is 0 Å². The van der Waals surface area contributed by atoms with E-state index < -0.39 is 11.8 Å². The molecule has 0 bridgehead atoms. The molecule has 0 saturated carbocycles. The first-order chi connectivity index (χ1) is 15.6. The smallest absolute Gasteiger partial charge is 0.256 e. The first-order valence-electron chi connectivity index (χ1n) is 10.5. The van der Waals surface area contributed by atoms with Gasteiger partial charge in [0, 0.05) is 22.2 Å². The van der Waals surface area contributed by atoms with Gasteiger partial charge in [-0.2, -0.15) is 10.2 Å². The molecule has 0 aliphatic carbocycles. The minimum atomic E-state index is -0.538. The van der Waals surface area contributed by atoms with Crippen LogP contribution in [0.2, 0.25) is 0 Å². The molecule has 7 heteroatoms. The second kappa shape index (κ2) is 8.16. The molecule has 5 rings (SSSR count). The Labute approximate surface area is 190 Å². The van der Waals surface area contributed by atoms with Gasteiger partial charge in [-0.1, -0.05) is 42.5 Å². The summed E-state index contributed by atoms with van der Waals surface area (Å²) in [6.07, 6.45) is 0. The van der Waals surface area contributed by atoms with Gasteiger partial charge < -0.3 is 0 Å². The fraction of sp³-hybridized carbons (Fsp3) is 0.200. The van der Waals surface area contributed by atoms with E-state index in [1.54, 1.807) is 11.3 Å². The van der Waals surface area contributed by atoms with E-state index in [1.807, 2.05) is 92.0 Å². The minimum absolute atomic E-state index is 0.120. The van der Waals surface area contributed by atoms with Gasteiger partial charge in [0.25, 0.3) is 11.8 Å². The lowest BCUT2D eigenvalue weighted by Gasteiger charge is -2.27. The summed E-state index contributed by atoms with van der Waals surface area (Å²) in [7, 11) is 0. The molecule has 2 aliphatic rings. The predicted molar refractivity (Wildman–Crippen MR) is 128 cm³/mol. The SMILES string of the molecule is CC1=NN(c2ccccc2)C(=O)[C@@H]1C(c1cccs1)[C@H]1C(=O)N(c2ccccc2)N=C1C. The monoisotopic (exact) mass is 442 g/mol. The molecule has 1 aromatic heterocycles. The van der Waals surface area contributed by atoms with E-state index in [0.29, 0.717) is 11.4 Å². The number of carbonyl (C=O) groups excluding carboxylic acids is 2. The summed E-state index contributed by atoms with van der Waals surface area (Å²) >= 11 is 1.56. The molecular weight excluding hydrogens is 420 g/mol. The second-order valence-electron chi connectivity index (χ2n) is 7.95. The molecule has 0 radical (unpaired) electrons. The fourth-order valence-corrected chi connectivity index (χ4v) is 5.40. The molecule has 0 saturated heterocycles. The van der Waals surface area contributed by atoms with Gasteiger partial charge in [-0.05, 0) is 49.6 Å². The molecule has 2 aromatic carbocycles. The zero-order valence-corrected chi connectivity index (χ0v) is 18.6. The molecule has 6 nitrogen and oxygen atoms in total. The van der Waals surface area contributed by atoms with E-state index in [4.69, 9.17) is 0 Å². The number of hydrogen-bond donors (Lipinski definition) is 0. The highest BCUT2D eigenvalue weighted by atomic mass is 32.1. The summed E-state index contributed by atoms with van der Waals surface area (Å²) in [6, 6.07) is 22.7. The average molecular weight is 443 g/mol. The van der Waals surface area contributed by atoms with Gasteiger partial charge in [0.1, 0.15) is 0 Å². The molecule has 0 spiro atoms. The number of nitrogens with zero attached hydrogens (tertiary/aromatic N) is 4. The van der Waals surface area contributed by atoms with Gasteiger partial charge >= 0.3 is 0 Å². The molecule has 0 fully saturated rings. The standard InChI is InChI=1S/C25H22N4O2S/c1-16-21(24(30)28(26-16)18-10-5-3-6-11-18)23(20-14-9-15-32-20)22-17(2)27-29(25(22)31)19-12-7-4-8-13-19/h3-15,21-23H,1-2H3/t21-,22-/m0/s1. The van der Waals surface area contributed by atoms with Gasteiger partial charge in [-0.15, -0.1) is 11.3 Å². The van der Waals surface area contributed by atoms with Crippen LogP contribution in [0, 0.1) is 11.8 Å². The van der Waals surface area contributed by atoms with Crippen molar-refractivity contribution in [1.82, 2.24) is 0 Å². The van der Waals surface area contributed by atoms with Crippen molar-refractivity contribution in [2.75, 3.05) is 10.0 Å². The lowest BCUT2D eigenvalue weighted by molar-refractivity contribution is -0.122. The summed E-state index contributed by atoms with van der Waals surface area (Å²) in [6.45, 7) is 3.74. The maximum Gasteiger partial charge on any atom is 0.256 e. The lowest BCUT2D eigenvalue weighted by Crippen LogP contribution is -2.39. The van der Waals surface area contributed by atoms with Crippen molar-refractivity contribution in [1.29, 1.82) is 0 Å². The van der Waals surface area contributed by atoms with Crippen molar-refractivity contribution in [3.63, 3.8) is 0 Å². The highest BCUT2D eigenvalue weighted by Crippen LogP contribution is 2.43. The van der Waals surface area contributed by atoms with Crippen LogP contribution in [-0.4, -0.2) is 23.2 Å². The first kappa shape index (κ1) is 20.3. The summed E-state index contributed by atoms with van der Waals surface area (Å²) in [5, 5.41) is 14.1. The number of anilines is 2. The third-order valence-corrected chi connectivity index (χ3v) is 6.93. The summed E-state index contributed by atoms with van der Waals surface area (Å²) in [4.78, 5) is 28.2. The highest BCUT2D eigenvalue weighted by Gasteiger charge is 2.50. The van der Waals surface area contributed by atoms with Crippen LogP contribution in [0.5, 0.6) is 0 Å². The van der Waals surface area contributed by atoms with Crippen molar-refractivity contribution in [2.45, 2.75) is 19.8 Å². The van der Waals surface area contributed by atoms with Crippen LogP contribution in [0.1, 0.15) is 24.6 Å². The third kappa shape index (κ3) is 3.35. The van der Waals surface area contributed by atoms with Crippen molar-refractivity contribution in [2.24, 2.45) is 22.0 Å². The molecule has 32 heavy (non-hydrogen) atoms. The summed E-state index contributed by atoms with van der Waals surface area (Å²) in [5.41, 5.74) is 2.85. The molecule has 0 unspecified atom stereocenters. The van der Waals surface area contributed by atoms with Crippen molar-refractivity contribution >= 4 is 45.9 Å². The maximum absolute atomic E-state index is 13.6. The topological polar surface area (TPSA) is 65.3 Å². The van der Waals surface area contributed by atoms with E-state index in [9.17, 15) is 9.59 Å². The van der Waals surface area contributed by atoms with Gasteiger partial charge in [-0.25, -0.2) is 10.0 Å². The molecule has 2 aliphatic heterocycles. The number of benzene rings is 2. The summed E-state index contributed by atoms with van der Waals surface area (Å²) < 4.78 is 0. The number of hydrogen-bond acceptors (Lipinski definition) is 5. The normalized spacial score (nSPS) is 20.8.